The minimum absolute atomic E-state index is 0.111. The number of hydrogen-bond donors (Lipinski definition) is 2. The average molecular weight is 277 g/mol. The van der Waals surface area contributed by atoms with Crippen molar-refractivity contribution in [2.45, 2.75) is 12.8 Å². The second-order valence-corrected chi connectivity index (χ2v) is 4.82. The van der Waals surface area contributed by atoms with E-state index < -0.39 is 0 Å². The van der Waals surface area contributed by atoms with Gasteiger partial charge in [0.15, 0.2) is 0 Å². The third-order valence-corrected chi connectivity index (χ3v) is 3.53. The molecule has 3 amide bonds. The number of urea groups is 1. The van der Waals surface area contributed by atoms with Crippen molar-refractivity contribution >= 4 is 17.6 Å². The molecule has 0 unspecified atom stereocenters. The van der Waals surface area contributed by atoms with Gasteiger partial charge < -0.3 is 20.7 Å². The molecule has 0 bridgehead atoms. The van der Waals surface area contributed by atoms with E-state index in [0.29, 0.717) is 31.6 Å². The number of primary amides is 1. The van der Waals surface area contributed by atoms with Gasteiger partial charge in [0.05, 0.1) is 7.11 Å². The Morgan fingerprint density at radius 3 is 2.35 bits per heavy atom. The Hall–Kier alpha value is -2.24. The molecular formula is C14H19N3O3. The molecule has 6 nitrogen and oxygen atoms in total. The second-order valence-electron chi connectivity index (χ2n) is 4.82. The number of carbonyl (C=O) groups excluding carboxylic acids is 2. The maximum absolute atomic E-state index is 12.1. The Morgan fingerprint density at radius 1 is 1.25 bits per heavy atom. The topological polar surface area (TPSA) is 84.7 Å². The number of nitrogens with one attached hydrogen (secondary N) is 1. The van der Waals surface area contributed by atoms with Crippen molar-refractivity contribution in [2.24, 2.45) is 11.7 Å². The first-order valence-electron chi connectivity index (χ1n) is 6.59. The summed E-state index contributed by atoms with van der Waals surface area (Å²) in [5, 5.41) is 2.82. The lowest BCUT2D eigenvalue weighted by atomic mass is 9.96. The Morgan fingerprint density at radius 2 is 1.85 bits per heavy atom. The van der Waals surface area contributed by atoms with Gasteiger partial charge in [-0.1, -0.05) is 0 Å². The van der Waals surface area contributed by atoms with E-state index in [0.717, 1.165) is 5.75 Å². The minimum atomic E-state index is -0.278. The normalized spacial score (nSPS) is 15.8. The van der Waals surface area contributed by atoms with Gasteiger partial charge in [0.25, 0.3) is 0 Å². The number of nitrogens with zero attached hydrogens (tertiary/aromatic N) is 1. The van der Waals surface area contributed by atoms with Crippen molar-refractivity contribution in [2.75, 3.05) is 25.5 Å². The zero-order chi connectivity index (χ0) is 14.5. The number of benzene rings is 1. The molecule has 1 saturated heterocycles. The van der Waals surface area contributed by atoms with E-state index >= 15 is 0 Å². The van der Waals surface area contributed by atoms with Crippen LogP contribution >= 0.6 is 0 Å². The highest BCUT2D eigenvalue weighted by Crippen LogP contribution is 2.19. The third kappa shape index (κ3) is 3.40. The summed E-state index contributed by atoms with van der Waals surface area (Å²) in [6.07, 6.45) is 1.26. The Kier molecular flexibility index (Phi) is 4.45. The van der Waals surface area contributed by atoms with Crippen LogP contribution < -0.4 is 15.8 Å². The molecule has 108 valence electrons. The zero-order valence-electron chi connectivity index (χ0n) is 11.5. The van der Waals surface area contributed by atoms with Gasteiger partial charge in [-0.05, 0) is 37.1 Å². The molecule has 0 radical (unpaired) electrons. The van der Waals surface area contributed by atoms with Gasteiger partial charge in [0, 0.05) is 24.7 Å². The molecule has 1 aliphatic heterocycles. The summed E-state index contributed by atoms with van der Waals surface area (Å²) < 4.78 is 5.06. The molecule has 20 heavy (non-hydrogen) atoms. The number of rotatable bonds is 3. The lowest BCUT2D eigenvalue weighted by molar-refractivity contribution is -0.122. The van der Waals surface area contributed by atoms with E-state index in [1.807, 2.05) is 0 Å². The highest BCUT2D eigenvalue weighted by molar-refractivity contribution is 5.89. The van der Waals surface area contributed by atoms with Crippen molar-refractivity contribution in [3.05, 3.63) is 24.3 Å². The summed E-state index contributed by atoms with van der Waals surface area (Å²) in [4.78, 5) is 24.8. The summed E-state index contributed by atoms with van der Waals surface area (Å²) in [6, 6.07) is 6.99. The second kappa shape index (κ2) is 6.27. The fourth-order valence-corrected chi connectivity index (χ4v) is 2.24. The maximum Gasteiger partial charge on any atom is 0.321 e. The average Bonchev–Trinajstić information content (AvgIpc) is 2.48. The molecule has 1 fully saturated rings. The molecular weight excluding hydrogens is 258 g/mol. The van der Waals surface area contributed by atoms with Gasteiger partial charge in [-0.2, -0.15) is 0 Å². The number of anilines is 1. The lowest BCUT2D eigenvalue weighted by Gasteiger charge is -2.30. The number of methoxy groups -OCH3 is 1. The van der Waals surface area contributed by atoms with Gasteiger partial charge in [0.2, 0.25) is 5.91 Å². The lowest BCUT2D eigenvalue weighted by Crippen LogP contribution is -2.43. The van der Waals surface area contributed by atoms with E-state index in [2.05, 4.69) is 5.32 Å². The number of amides is 3. The maximum atomic E-state index is 12.1. The molecule has 3 N–H and O–H groups in total. The molecule has 0 spiro atoms. The summed E-state index contributed by atoms with van der Waals surface area (Å²) in [5.74, 6) is 0.352. The van der Waals surface area contributed by atoms with Crippen molar-refractivity contribution < 1.29 is 14.3 Å². The van der Waals surface area contributed by atoms with Gasteiger partial charge in [0.1, 0.15) is 5.75 Å². The highest BCUT2D eigenvalue weighted by atomic mass is 16.5. The first kappa shape index (κ1) is 14.2. The summed E-state index contributed by atoms with van der Waals surface area (Å²) in [5.41, 5.74) is 5.99. The fraction of sp³-hybridized carbons (Fsp3) is 0.429. The van der Waals surface area contributed by atoms with Crippen LogP contribution in [0.4, 0.5) is 10.5 Å². The number of ether oxygens (including phenoxy) is 1. The Bertz CT molecular complexity index is 479. The zero-order valence-corrected chi connectivity index (χ0v) is 11.5. The van der Waals surface area contributed by atoms with Crippen LogP contribution in [0.15, 0.2) is 24.3 Å². The molecule has 1 aromatic rings. The van der Waals surface area contributed by atoms with E-state index in [-0.39, 0.29) is 17.9 Å². The monoisotopic (exact) mass is 277 g/mol. The van der Waals surface area contributed by atoms with Crippen LogP contribution in [0.25, 0.3) is 0 Å². The summed E-state index contributed by atoms with van der Waals surface area (Å²) in [6.45, 7) is 1.10. The molecule has 1 heterocycles. The van der Waals surface area contributed by atoms with Crippen LogP contribution in [0, 0.1) is 5.92 Å². The fourth-order valence-electron chi connectivity index (χ4n) is 2.24. The summed E-state index contributed by atoms with van der Waals surface area (Å²) >= 11 is 0. The van der Waals surface area contributed by atoms with Crippen LogP contribution in [0.3, 0.4) is 0 Å². The Balaban J connectivity index is 1.87. The van der Waals surface area contributed by atoms with Gasteiger partial charge >= 0.3 is 6.03 Å². The van der Waals surface area contributed by atoms with Crippen molar-refractivity contribution in [1.82, 2.24) is 4.90 Å². The number of hydrogen-bond acceptors (Lipinski definition) is 3. The predicted molar refractivity (Wildman–Crippen MR) is 75.5 cm³/mol. The third-order valence-electron chi connectivity index (χ3n) is 3.53. The van der Waals surface area contributed by atoms with Gasteiger partial charge in [-0.15, -0.1) is 0 Å². The van der Waals surface area contributed by atoms with Crippen molar-refractivity contribution in [1.29, 1.82) is 0 Å². The molecule has 1 aromatic carbocycles. The van der Waals surface area contributed by atoms with E-state index in [9.17, 15) is 9.59 Å². The van der Waals surface area contributed by atoms with E-state index in [1.165, 1.54) is 0 Å². The molecule has 6 heteroatoms. The first-order valence-corrected chi connectivity index (χ1v) is 6.59. The number of carbonyl (C=O) groups is 2. The quantitative estimate of drug-likeness (QED) is 0.876. The molecule has 0 aromatic heterocycles. The van der Waals surface area contributed by atoms with Gasteiger partial charge in [-0.25, -0.2) is 4.79 Å². The SMILES string of the molecule is COc1ccc(NC(=O)N2CCC(C(N)=O)CC2)cc1. The van der Waals surface area contributed by atoms with E-state index in [1.54, 1.807) is 36.3 Å². The van der Waals surface area contributed by atoms with Crippen molar-refractivity contribution in [3.8, 4) is 5.75 Å². The van der Waals surface area contributed by atoms with Crippen LogP contribution in [-0.2, 0) is 4.79 Å². The largest absolute Gasteiger partial charge is 0.497 e. The first-order chi connectivity index (χ1) is 9.60. The van der Waals surface area contributed by atoms with E-state index in [4.69, 9.17) is 10.5 Å². The number of piperidine rings is 1. The predicted octanol–water partition coefficient (Wildman–Crippen LogP) is 1.42. The van der Waals surface area contributed by atoms with Crippen LogP contribution in [0.5, 0.6) is 5.75 Å². The van der Waals surface area contributed by atoms with Crippen LogP contribution in [-0.4, -0.2) is 37.0 Å². The molecule has 2 rings (SSSR count). The van der Waals surface area contributed by atoms with Crippen LogP contribution in [0.1, 0.15) is 12.8 Å². The highest BCUT2D eigenvalue weighted by Gasteiger charge is 2.25. The summed E-state index contributed by atoms with van der Waals surface area (Å²) in [7, 11) is 1.59. The molecule has 0 saturated carbocycles. The smallest absolute Gasteiger partial charge is 0.321 e. The molecule has 1 aliphatic rings. The molecule has 0 atom stereocenters. The van der Waals surface area contributed by atoms with Gasteiger partial charge in [-0.3, -0.25) is 4.79 Å². The number of likely N-dealkylation sites (tertiary alicyclic amines) is 1. The minimum Gasteiger partial charge on any atom is -0.497 e. The van der Waals surface area contributed by atoms with Crippen molar-refractivity contribution in [3.63, 3.8) is 0 Å². The molecule has 0 aliphatic carbocycles. The standard InChI is InChI=1S/C14H19N3O3/c1-20-12-4-2-11(3-5-12)16-14(19)17-8-6-10(7-9-17)13(15)18/h2-5,10H,6-9H2,1H3,(H2,15,18)(H,16,19). The van der Waals surface area contributed by atoms with Crippen LogP contribution in [0.2, 0.25) is 0 Å². The Labute approximate surface area is 117 Å². The number of nitrogens with two attached hydrogens (primary N) is 1.